The summed E-state index contributed by atoms with van der Waals surface area (Å²) in [6.45, 7) is 7.00. The summed E-state index contributed by atoms with van der Waals surface area (Å²) in [5, 5.41) is 5.62. The fraction of sp³-hybridized carbons (Fsp3) is 0.391. The molecule has 0 atom stereocenters. The molecule has 2 aromatic heterocycles. The standard InChI is InChI=1S/C23H28N6O3/c1-15(13-30)11-28-6-4-16(5-7-28)12-29-23-20(22(24)25-14-26-23)21(27-29)17-8-18(31-2)10-19(9-17)32-3/h8-10,13-14,16H,1,4-7,11-12H2,2-3H3,(H2,24,25,26). The van der Waals surface area contributed by atoms with Gasteiger partial charge in [-0.15, -0.1) is 0 Å². The maximum Gasteiger partial charge on any atom is 0.163 e. The Labute approximate surface area is 186 Å². The van der Waals surface area contributed by atoms with Crippen LogP contribution >= 0.6 is 0 Å². The van der Waals surface area contributed by atoms with Crippen LogP contribution in [0.25, 0.3) is 22.3 Å². The Morgan fingerprint density at radius 3 is 2.50 bits per heavy atom. The SMILES string of the molecule is C=C(C=O)CN1CCC(Cn2nc(-c3cc(OC)cc(OC)c3)c3c(N)ncnc32)CC1. The third kappa shape index (κ3) is 4.43. The molecular formula is C23H28N6O3. The molecule has 4 rings (SSSR count). The maximum atomic E-state index is 10.9. The zero-order valence-corrected chi connectivity index (χ0v) is 18.5. The topological polar surface area (TPSA) is 108 Å². The zero-order chi connectivity index (χ0) is 22.7. The number of anilines is 1. The van der Waals surface area contributed by atoms with Gasteiger partial charge in [-0.05, 0) is 49.6 Å². The smallest absolute Gasteiger partial charge is 0.163 e. The van der Waals surface area contributed by atoms with E-state index >= 15 is 0 Å². The number of nitrogens with two attached hydrogens (primary N) is 1. The van der Waals surface area contributed by atoms with Crippen molar-refractivity contribution in [2.75, 3.05) is 39.6 Å². The predicted molar refractivity (Wildman–Crippen MR) is 123 cm³/mol. The minimum absolute atomic E-state index is 0.389. The summed E-state index contributed by atoms with van der Waals surface area (Å²) in [5.74, 6) is 2.17. The summed E-state index contributed by atoms with van der Waals surface area (Å²) in [6, 6.07) is 5.62. The highest BCUT2D eigenvalue weighted by Gasteiger charge is 2.23. The molecule has 0 bridgehead atoms. The van der Waals surface area contributed by atoms with Crippen LogP contribution in [0.5, 0.6) is 11.5 Å². The van der Waals surface area contributed by atoms with Gasteiger partial charge in [0.15, 0.2) is 5.65 Å². The van der Waals surface area contributed by atoms with E-state index in [0.717, 1.165) is 49.7 Å². The molecule has 1 aromatic carbocycles. The van der Waals surface area contributed by atoms with Gasteiger partial charge in [0.05, 0.1) is 19.6 Å². The number of rotatable bonds is 8. The van der Waals surface area contributed by atoms with Crippen LogP contribution in [0.15, 0.2) is 36.7 Å². The van der Waals surface area contributed by atoms with Crippen molar-refractivity contribution in [3.63, 3.8) is 0 Å². The Morgan fingerprint density at radius 1 is 1.19 bits per heavy atom. The van der Waals surface area contributed by atoms with Crippen molar-refractivity contribution >= 4 is 23.1 Å². The molecule has 0 saturated carbocycles. The van der Waals surface area contributed by atoms with E-state index in [0.29, 0.717) is 46.7 Å². The third-order valence-corrected chi connectivity index (χ3v) is 5.92. The molecular weight excluding hydrogens is 408 g/mol. The van der Waals surface area contributed by atoms with Crippen molar-refractivity contribution < 1.29 is 14.3 Å². The molecule has 32 heavy (non-hydrogen) atoms. The van der Waals surface area contributed by atoms with Gasteiger partial charge in [0.2, 0.25) is 0 Å². The number of hydrogen-bond donors (Lipinski definition) is 1. The summed E-state index contributed by atoms with van der Waals surface area (Å²) >= 11 is 0. The van der Waals surface area contributed by atoms with E-state index in [2.05, 4.69) is 21.4 Å². The highest BCUT2D eigenvalue weighted by Crippen LogP contribution is 2.35. The first-order valence-electron chi connectivity index (χ1n) is 10.6. The fourth-order valence-electron chi connectivity index (χ4n) is 4.20. The van der Waals surface area contributed by atoms with Gasteiger partial charge in [-0.3, -0.25) is 9.69 Å². The van der Waals surface area contributed by atoms with Gasteiger partial charge in [-0.2, -0.15) is 5.10 Å². The van der Waals surface area contributed by atoms with Crippen molar-refractivity contribution in [1.29, 1.82) is 0 Å². The number of carbonyl (C=O) groups excluding carboxylic acids is 1. The molecule has 0 spiro atoms. The third-order valence-electron chi connectivity index (χ3n) is 5.92. The average molecular weight is 437 g/mol. The molecule has 168 valence electrons. The molecule has 1 aliphatic heterocycles. The number of aldehydes is 1. The Morgan fingerprint density at radius 2 is 1.88 bits per heavy atom. The molecule has 0 amide bonds. The van der Waals surface area contributed by atoms with Crippen molar-refractivity contribution in [2.24, 2.45) is 5.92 Å². The van der Waals surface area contributed by atoms with Crippen molar-refractivity contribution in [1.82, 2.24) is 24.6 Å². The van der Waals surface area contributed by atoms with Crippen LogP contribution in [0, 0.1) is 5.92 Å². The van der Waals surface area contributed by atoms with Gasteiger partial charge in [0.25, 0.3) is 0 Å². The van der Waals surface area contributed by atoms with Gasteiger partial charge < -0.3 is 15.2 Å². The van der Waals surface area contributed by atoms with Crippen LogP contribution in [-0.2, 0) is 11.3 Å². The van der Waals surface area contributed by atoms with Gasteiger partial charge >= 0.3 is 0 Å². The molecule has 1 fully saturated rings. The van der Waals surface area contributed by atoms with Gasteiger partial charge in [0, 0.05) is 24.7 Å². The molecule has 0 radical (unpaired) electrons. The number of methoxy groups -OCH3 is 2. The highest BCUT2D eigenvalue weighted by atomic mass is 16.5. The second-order valence-electron chi connectivity index (χ2n) is 8.09. The lowest BCUT2D eigenvalue weighted by Gasteiger charge is -2.31. The van der Waals surface area contributed by atoms with Crippen molar-refractivity contribution in [3.05, 3.63) is 36.7 Å². The number of hydrogen-bond acceptors (Lipinski definition) is 8. The molecule has 1 aliphatic rings. The Balaban J connectivity index is 1.63. The van der Waals surface area contributed by atoms with E-state index in [1.54, 1.807) is 14.2 Å². The number of benzene rings is 1. The summed E-state index contributed by atoms with van der Waals surface area (Å²) in [7, 11) is 3.23. The van der Waals surface area contributed by atoms with Gasteiger partial charge in [-0.1, -0.05) is 6.58 Å². The van der Waals surface area contributed by atoms with Gasteiger partial charge in [-0.25, -0.2) is 14.6 Å². The molecule has 9 heteroatoms. The van der Waals surface area contributed by atoms with Crippen LogP contribution < -0.4 is 15.2 Å². The number of ether oxygens (including phenoxy) is 2. The maximum absolute atomic E-state index is 10.9. The molecule has 0 unspecified atom stereocenters. The number of piperidine rings is 1. The van der Waals surface area contributed by atoms with Crippen molar-refractivity contribution in [3.8, 4) is 22.8 Å². The van der Waals surface area contributed by atoms with Gasteiger partial charge in [0.1, 0.15) is 35.6 Å². The summed E-state index contributed by atoms with van der Waals surface area (Å²) in [6.07, 6.45) is 4.33. The summed E-state index contributed by atoms with van der Waals surface area (Å²) in [5.41, 5.74) is 9.11. The number of likely N-dealkylation sites (tertiary alicyclic amines) is 1. The molecule has 9 nitrogen and oxygen atoms in total. The molecule has 2 N–H and O–H groups in total. The first-order valence-corrected chi connectivity index (χ1v) is 10.6. The van der Waals surface area contributed by atoms with E-state index in [9.17, 15) is 4.79 Å². The number of nitrogen functional groups attached to an aromatic ring is 1. The predicted octanol–water partition coefficient (Wildman–Crippen LogP) is 2.56. The molecule has 3 heterocycles. The largest absolute Gasteiger partial charge is 0.497 e. The van der Waals surface area contributed by atoms with E-state index in [1.807, 2.05) is 22.9 Å². The van der Waals surface area contributed by atoms with E-state index < -0.39 is 0 Å². The summed E-state index contributed by atoms with van der Waals surface area (Å²) in [4.78, 5) is 21.8. The Kier molecular flexibility index (Phi) is 6.36. The normalized spacial score (nSPS) is 15.1. The Hall–Kier alpha value is -3.46. The zero-order valence-electron chi connectivity index (χ0n) is 18.5. The van der Waals surface area contributed by atoms with E-state index in [4.69, 9.17) is 20.3 Å². The molecule has 3 aromatic rings. The number of carbonyl (C=O) groups is 1. The number of fused-ring (bicyclic) bond motifs is 1. The fourth-order valence-corrected chi connectivity index (χ4v) is 4.20. The minimum Gasteiger partial charge on any atom is -0.497 e. The summed E-state index contributed by atoms with van der Waals surface area (Å²) < 4.78 is 12.8. The van der Waals surface area contributed by atoms with Crippen LogP contribution in [0.4, 0.5) is 5.82 Å². The molecule has 1 saturated heterocycles. The first kappa shape index (κ1) is 21.8. The second-order valence-corrected chi connectivity index (χ2v) is 8.09. The second kappa shape index (κ2) is 9.35. The van der Waals surface area contributed by atoms with E-state index in [1.165, 1.54) is 6.33 Å². The number of nitrogens with zero attached hydrogens (tertiary/aromatic N) is 5. The number of aromatic nitrogens is 4. The molecule has 0 aliphatic carbocycles. The van der Waals surface area contributed by atoms with Crippen LogP contribution in [0.1, 0.15) is 12.8 Å². The average Bonchev–Trinajstić information content (AvgIpc) is 3.19. The van der Waals surface area contributed by atoms with Crippen LogP contribution in [0.2, 0.25) is 0 Å². The minimum atomic E-state index is 0.389. The van der Waals surface area contributed by atoms with Crippen LogP contribution in [-0.4, -0.2) is 64.8 Å². The lowest BCUT2D eigenvalue weighted by Crippen LogP contribution is -2.36. The lowest BCUT2D eigenvalue weighted by atomic mass is 9.96. The monoisotopic (exact) mass is 436 g/mol. The Bertz CT molecular complexity index is 1110. The highest BCUT2D eigenvalue weighted by molar-refractivity contribution is 5.98. The lowest BCUT2D eigenvalue weighted by molar-refractivity contribution is -0.105. The quantitative estimate of drug-likeness (QED) is 0.424. The van der Waals surface area contributed by atoms with E-state index in [-0.39, 0.29) is 0 Å². The first-order chi connectivity index (χ1) is 15.5. The van der Waals surface area contributed by atoms with Crippen molar-refractivity contribution in [2.45, 2.75) is 19.4 Å². The van der Waals surface area contributed by atoms with Crippen LogP contribution in [0.3, 0.4) is 0 Å².